The van der Waals surface area contributed by atoms with Gasteiger partial charge in [-0.2, -0.15) is 0 Å². The van der Waals surface area contributed by atoms with E-state index in [1.54, 1.807) is 16.8 Å². The van der Waals surface area contributed by atoms with Gasteiger partial charge in [0.15, 0.2) is 0 Å². The first-order valence-corrected chi connectivity index (χ1v) is 9.06. The summed E-state index contributed by atoms with van der Waals surface area (Å²) in [4.78, 5) is 14.4. The van der Waals surface area contributed by atoms with Crippen molar-refractivity contribution in [2.45, 2.75) is 52.9 Å². The minimum Gasteiger partial charge on any atom is -0.356 e. The molecule has 2 aromatic rings. The van der Waals surface area contributed by atoms with Gasteiger partial charge in [0.2, 0.25) is 0 Å². The molecule has 0 fully saturated rings. The van der Waals surface area contributed by atoms with Crippen LogP contribution < -0.4 is 4.90 Å². The average molecular weight is 340 g/mol. The Morgan fingerprint density at radius 1 is 1.32 bits per heavy atom. The van der Waals surface area contributed by atoms with Crippen LogP contribution >= 0.6 is 23.7 Å². The molecule has 0 amide bonds. The van der Waals surface area contributed by atoms with Crippen LogP contribution in [0.1, 0.15) is 50.5 Å². The number of aryl methyl sites for hydroxylation is 1. The number of aromatic nitrogens is 2. The number of nitrogens with zero attached hydrogens (tertiary/aromatic N) is 3. The molecule has 1 atom stereocenters. The fourth-order valence-corrected chi connectivity index (χ4v) is 4.61. The van der Waals surface area contributed by atoms with Crippen LogP contribution in [-0.2, 0) is 12.8 Å². The maximum Gasteiger partial charge on any atom is 0.141 e. The number of halogens is 1. The Morgan fingerprint density at radius 3 is 2.86 bits per heavy atom. The molecule has 0 spiro atoms. The second-order valence-corrected chi connectivity index (χ2v) is 7.25. The van der Waals surface area contributed by atoms with Crippen LogP contribution in [0, 0.1) is 5.92 Å². The average Bonchev–Trinajstić information content (AvgIpc) is 2.85. The Labute approximate surface area is 143 Å². The molecule has 0 bridgehead atoms. The van der Waals surface area contributed by atoms with Crippen LogP contribution in [-0.4, -0.2) is 23.1 Å². The number of hydrogen-bond acceptors (Lipinski definition) is 4. The van der Waals surface area contributed by atoms with Crippen LogP contribution in [0.15, 0.2) is 6.33 Å². The third-order valence-electron chi connectivity index (χ3n) is 4.53. The SMILES string of the molecule is CCCCN(CC)c1ncnc2sc3c(c12)CCC(C)C3.Cl. The van der Waals surface area contributed by atoms with E-state index in [4.69, 9.17) is 0 Å². The first kappa shape index (κ1) is 17.5. The van der Waals surface area contributed by atoms with Crippen LogP contribution in [0.2, 0.25) is 0 Å². The molecule has 0 N–H and O–H groups in total. The summed E-state index contributed by atoms with van der Waals surface area (Å²) in [5.74, 6) is 1.98. The summed E-state index contributed by atoms with van der Waals surface area (Å²) in [6.45, 7) is 8.95. The molecule has 1 unspecified atom stereocenters. The van der Waals surface area contributed by atoms with Crippen molar-refractivity contribution in [1.29, 1.82) is 0 Å². The largest absolute Gasteiger partial charge is 0.356 e. The lowest BCUT2D eigenvalue weighted by Gasteiger charge is -2.24. The van der Waals surface area contributed by atoms with E-state index < -0.39 is 0 Å². The Kier molecular flexibility index (Phi) is 6.04. The van der Waals surface area contributed by atoms with Crippen LogP contribution in [0.5, 0.6) is 0 Å². The molecule has 1 aliphatic carbocycles. The molecule has 0 saturated heterocycles. The van der Waals surface area contributed by atoms with Gasteiger partial charge in [0.05, 0.1) is 5.39 Å². The Balaban J connectivity index is 0.00000176. The van der Waals surface area contributed by atoms with Crippen LogP contribution in [0.4, 0.5) is 5.82 Å². The second kappa shape index (κ2) is 7.60. The van der Waals surface area contributed by atoms with E-state index in [2.05, 4.69) is 35.6 Å². The molecule has 5 heteroatoms. The maximum atomic E-state index is 4.65. The number of rotatable bonds is 5. The molecule has 1 aliphatic rings. The summed E-state index contributed by atoms with van der Waals surface area (Å²) in [6, 6.07) is 0. The van der Waals surface area contributed by atoms with Crippen LogP contribution in [0.25, 0.3) is 10.2 Å². The smallest absolute Gasteiger partial charge is 0.141 e. The minimum absolute atomic E-state index is 0. The zero-order valence-corrected chi connectivity index (χ0v) is 15.4. The summed E-state index contributed by atoms with van der Waals surface area (Å²) in [5.41, 5.74) is 1.54. The van der Waals surface area contributed by atoms with E-state index in [1.165, 1.54) is 48.1 Å². The van der Waals surface area contributed by atoms with Gasteiger partial charge in [-0.3, -0.25) is 0 Å². The van der Waals surface area contributed by atoms with E-state index in [1.807, 2.05) is 11.3 Å². The number of fused-ring (bicyclic) bond motifs is 3. The van der Waals surface area contributed by atoms with E-state index >= 15 is 0 Å². The second-order valence-electron chi connectivity index (χ2n) is 6.16. The normalized spacial score (nSPS) is 17.1. The van der Waals surface area contributed by atoms with Gasteiger partial charge in [0.1, 0.15) is 17.0 Å². The quantitative estimate of drug-likeness (QED) is 0.778. The Bertz CT molecular complexity index is 626. The number of thiophene rings is 1. The first-order valence-electron chi connectivity index (χ1n) is 8.24. The fourth-order valence-electron chi connectivity index (χ4n) is 3.26. The molecular formula is C17H26ClN3S. The van der Waals surface area contributed by atoms with Gasteiger partial charge in [-0.15, -0.1) is 23.7 Å². The summed E-state index contributed by atoms with van der Waals surface area (Å²) < 4.78 is 0. The van der Waals surface area contributed by atoms with Crippen molar-refractivity contribution in [3.8, 4) is 0 Å². The molecule has 2 aromatic heterocycles. The van der Waals surface area contributed by atoms with Gasteiger partial charge in [-0.05, 0) is 44.1 Å². The van der Waals surface area contributed by atoms with Crippen molar-refractivity contribution in [1.82, 2.24) is 9.97 Å². The van der Waals surface area contributed by atoms with Gasteiger partial charge >= 0.3 is 0 Å². The summed E-state index contributed by atoms with van der Waals surface area (Å²) in [7, 11) is 0. The predicted molar refractivity (Wildman–Crippen MR) is 98.6 cm³/mol. The monoisotopic (exact) mass is 339 g/mol. The summed E-state index contributed by atoms with van der Waals surface area (Å²) in [5, 5.41) is 1.35. The van der Waals surface area contributed by atoms with Gasteiger partial charge in [-0.25, -0.2) is 9.97 Å². The molecule has 2 heterocycles. The van der Waals surface area contributed by atoms with Crippen molar-refractivity contribution in [2.24, 2.45) is 5.92 Å². The first-order chi connectivity index (χ1) is 10.2. The van der Waals surface area contributed by atoms with Crippen molar-refractivity contribution in [3.05, 3.63) is 16.8 Å². The molecule has 22 heavy (non-hydrogen) atoms. The molecule has 3 rings (SSSR count). The predicted octanol–water partition coefficient (Wildman–Crippen LogP) is 4.86. The molecule has 3 nitrogen and oxygen atoms in total. The third kappa shape index (κ3) is 3.23. The van der Waals surface area contributed by atoms with E-state index in [0.29, 0.717) is 0 Å². The number of unbranched alkanes of at least 4 members (excludes halogenated alkanes) is 1. The highest BCUT2D eigenvalue weighted by molar-refractivity contribution is 7.19. The van der Waals surface area contributed by atoms with Gasteiger partial charge in [0, 0.05) is 18.0 Å². The molecule has 0 radical (unpaired) electrons. The molecule has 0 aliphatic heterocycles. The van der Waals surface area contributed by atoms with Crippen LogP contribution in [0.3, 0.4) is 0 Å². The van der Waals surface area contributed by atoms with E-state index in [-0.39, 0.29) is 12.4 Å². The molecule has 0 aromatic carbocycles. The molecule has 0 saturated carbocycles. The van der Waals surface area contributed by atoms with Gasteiger partial charge < -0.3 is 4.90 Å². The summed E-state index contributed by atoms with van der Waals surface area (Å²) >= 11 is 1.89. The van der Waals surface area contributed by atoms with E-state index in [0.717, 1.165) is 19.0 Å². The van der Waals surface area contributed by atoms with Gasteiger partial charge in [-0.1, -0.05) is 20.3 Å². The summed E-state index contributed by atoms with van der Waals surface area (Å²) in [6.07, 6.45) is 7.91. The lowest BCUT2D eigenvalue weighted by atomic mass is 9.89. The van der Waals surface area contributed by atoms with Gasteiger partial charge in [0.25, 0.3) is 0 Å². The Morgan fingerprint density at radius 2 is 2.14 bits per heavy atom. The van der Waals surface area contributed by atoms with Crippen molar-refractivity contribution in [3.63, 3.8) is 0 Å². The lowest BCUT2D eigenvalue weighted by molar-refractivity contribution is 0.509. The lowest BCUT2D eigenvalue weighted by Crippen LogP contribution is -2.25. The Hall–Kier alpha value is -0.870. The maximum absolute atomic E-state index is 4.65. The highest BCUT2D eigenvalue weighted by atomic mass is 35.5. The van der Waals surface area contributed by atoms with Crippen molar-refractivity contribution in [2.75, 3.05) is 18.0 Å². The van der Waals surface area contributed by atoms with Crippen molar-refractivity contribution >= 4 is 39.8 Å². The zero-order valence-electron chi connectivity index (χ0n) is 13.8. The number of anilines is 1. The highest BCUT2D eigenvalue weighted by Crippen LogP contribution is 2.40. The van der Waals surface area contributed by atoms with E-state index in [9.17, 15) is 0 Å². The van der Waals surface area contributed by atoms with Crippen molar-refractivity contribution < 1.29 is 0 Å². The fraction of sp³-hybridized carbons (Fsp3) is 0.647. The topological polar surface area (TPSA) is 29.0 Å². The third-order valence-corrected chi connectivity index (χ3v) is 5.70. The molecule has 122 valence electrons. The highest BCUT2D eigenvalue weighted by Gasteiger charge is 2.24. The minimum atomic E-state index is 0. The number of hydrogen-bond donors (Lipinski definition) is 0. The standard InChI is InChI=1S/C17H25N3S.ClH/c1-4-6-9-20(5-2)16-15-13-8-7-12(3)10-14(13)21-17(15)19-11-18-16;/h11-12H,4-10H2,1-3H3;1H. The zero-order chi connectivity index (χ0) is 14.8. The molecular weight excluding hydrogens is 314 g/mol.